The Morgan fingerprint density at radius 1 is 1.32 bits per heavy atom. The maximum absolute atomic E-state index is 11.9. The second-order valence-electron chi connectivity index (χ2n) is 4.30. The highest BCUT2D eigenvalue weighted by molar-refractivity contribution is 7.80. The van der Waals surface area contributed by atoms with Crippen molar-refractivity contribution >= 4 is 23.1 Å². The predicted octanol–water partition coefficient (Wildman–Crippen LogP) is 2.03. The highest BCUT2D eigenvalue weighted by Gasteiger charge is 2.31. The first-order valence-electron chi connectivity index (χ1n) is 6.33. The first-order chi connectivity index (χ1) is 9.04. The van der Waals surface area contributed by atoms with Crippen molar-refractivity contribution in [2.24, 2.45) is 5.73 Å². The minimum Gasteiger partial charge on any atom is -0.484 e. The van der Waals surface area contributed by atoms with E-state index in [0.29, 0.717) is 23.6 Å². The molecule has 1 rings (SSSR count). The summed E-state index contributed by atoms with van der Waals surface area (Å²) in [6, 6.07) is 9.19. The fourth-order valence-corrected chi connectivity index (χ4v) is 2.15. The first kappa shape index (κ1) is 15.4. The van der Waals surface area contributed by atoms with Gasteiger partial charge in [0.05, 0.1) is 10.5 Å². The normalized spacial score (nSPS) is 10.8. The van der Waals surface area contributed by atoms with E-state index in [0.717, 1.165) is 0 Å². The fourth-order valence-electron chi connectivity index (χ4n) is 1.81. The van der Waals surface area contributed by atoms with Gasteiger partial charge in [0, 0.05) is 0 Å². The molecule has 0 aliphatic heterocycles. The van der Waals surface area contributed by atoms with Gasteiger partial charge in [-0.1, -0.05) is 44.3 Å². The molecular weight excluding hydrogens is 260 g/mol. The van der Waals surface area contributed by atoms with Gasteiger partial charge in [-0.15, -0.1) is 0 Å². The number of amides is 1. The molecule has 0 aliphatic rings. The smallest absolute Gasteiger partial charge is 0.258 e. The lowest BCUT2D eigenvalue weighted by atomic mass is 9.93. The molecule has 0 spiro atoms. The molecule has 1 aromatic carbocycles. The maximum Gasteiger partial charge on any atom is 0.258 e. The largest absolute Gasteiger partial charge is 0.484 e. The second kappa shape index (κ2) is 7.09. The molecule has 1 amide bonds. The van der Waals surface area contributed by atoms with Crippen molar-refractivity contribution in [1.82, 2.24) is 5.32 Å². The number of carbonyl (C=O) groups excluding carboxylic acids is 1. The van der Waals surface area contributed by atoms with E-state index in [9.17, 15) is 4.79 Å². The van der Waals surface area contributed by atoms with Crippen molar-refractivity contribution in [3.8, 4) is 5.75 Å². The van der Waals surface area contributed by atoms with Crippen molar-refractivity contribution in [3.63, 3.8) is 0 Å². The molecule has 0 unspecified atom stereocenters. The number of benzene rings is 1. The highest BCUT2D eigenvalue weighted by Crippen LogP contribution is 2.15. The summed E-state index contributed by atoms with van der Waals surface area (Å²) in [5, 5.41) is 2.87. The molecule has 5 heteroatoms. The minimum atomic E-state index is -0.619. The van der Waals surface area contributed by atoms with Crippen molar-refractivity contribution in [2.75, 3.05) is 6.61 Å². The molecule has 104 valence electrons. The molecule has 4 nitrogen and oxygen atoms in total. The van der Waals surface area contributed by atoms with Gasteiger partial charge in [-0.05, 0) is 25.0 Å². The van der Waals surface area contributed by atoms with E-state index in [-0.39, 0.29) is 12.5 Å². The minimum absolute atomic E-state index is 0.0472. The van der Waals surface area contributed by atoms with Crippen LogP contribution in [0.4, 0.5) is 0 Å². The van der Waals surface area contributed by atoms with Gasteiger partial charge in [-0.25, -0.2) is 0 Å². The number of hydrogen-bond donors (Lipinski definition) is 2. The molecule has 0 fully saturated rings. The SMILES string of the molecule is CCC(CC)(NC(=O)COc1ccccc1)C(N)=S. The first-order valence-corrected chi connectivity index (χ1v) is 6.73. The Balaban J connectivity index is 2.57. The van der Waals surface area contributed by atoms with Crippen LogP contribution < -0.4 is 15.8 Å². The average molecular weight is 280 g/mol. The molecule has 0 aromatic heterocycles. The van der Waals surface area contributed by atoms with Crippen LogP contribution in [0.2, 0.25) is 0 Å². The summed E-state index contributed by atoms with van der Waals surface area (Å²) < 4.78 is 5.39. The molecule has 0 bridgehead atoms. The number of rotatable bonds is 7. The topological polar surface area (TPSA) is 64.3 Å². The molecule has 0 heterocycles. The highest BCUT2D eigenvalue weighted by atomic mass is 32.1. The van der Waals surface area contributed by atoms with Gasteiger partial charge >= 0.3 is 0 Å². The van der Waals surface area contributed by atoms with Crippen LogP contribution in [0.15, 0.2) is 30.3 Å². The third-order valence-corrected chi connectivity index (χ3v) is 3.56. The zero-order valence-electron chi connectivity index (χ0n) is 11.3. The summed E-state index contributed by atoms with van der Waals surface area (Å²) in [6.07, 6.45) is 1.33. The van der Waals surface area contributed by atoms with Crippen LogP contribution in [0.3, 0.4) is 0 Å². The molecule has 0 atom stereocenters. The molecule has 1 aromatic rings. The second-order valence-corrected chi connectivity index (χ2v) is 4.74. The number of nitrogens with one attached hydrogen (secondary N) is 1. The zero-order valence-corrected chi connectivity index (χ0v) is 12.1. The number of hydrogen-bond acceptors (Lipinski definition) is 3. The van der Waals surface area contributed by atoms with E-state index in [4.69, 9.17) is 22.7 Å². The number of nitrogens with two attached hydrogens (primary N) is 1. The van der Waals surface area contributed by atoms with Gasteiger partial charge in [-0.2, -0.15) is 0 Å². The van der Waals surface area contributed by atoms with Crippen LogP contribution in [-0.2, 0) is 4.79 Å². The van der Waals surface area contributed by atoms with Crippen LogP contribution in [0, 0.1) is 0 Å². The van der Waals surface area contributed by atoms with E-state index in [1.807, 2.05) is 32.0 Å². The Morgan fingerprint density at radius 2 is 1.89 bits per heavy atom. The Morgan fingerprint density at radius 3 is 2.37 bits per heavy atom. The van der Waals surface area contributed by atoms with Gasteiger partial charge in [0.1, 0.15) is 5.75 Å². The standard InChI is InChI=1S/C14H20N2O2S/c1-3-14(4-2,13(15)19)16-12(17)10-18-11-8-6-5-7-9-11/h5-9H,3-4,10H2,1-2H3,(H2,15,19)(H,16,17). The van der Waals surface area contributed by atoms with Crippen LogP contribution in [-0.4, -0.2) is 23.0 Å². The summed E-state index contributed by atoms with van der Waals surface area (Å²) in [5.41, 5.74) is 5.11. The van der Waals surface area contributed by atoms with Gasteiger partial charge in [0.25, 0.3) is 5.91 Å². The van der Waals surface area contributed by atoms with Crippen LogP contribution in [0.25, 0.3) is 0 Å². The monoisotopic (exact) mass is 280 g/mol. The van der Waals surface area contributed by atoms with E-state index in [1.54, 1.807) is 12.1 Å². The summed E-state index contributed by atoms with van der Waals surface area (Å²) in [7, 11) is 0. The Labute approximate surface area is 119 Å². The third kappa shape index (κ3) is 4.21. The van der Waals surface area contributed by atoms with Gasteiger partial charge < -0.3 is 15.8 Å². The number of thiocarbonyl (C=S) groups is 1. The zero-order chi connectivity index (χ0) is 14.3. The van der Waals surface area contributed by atoms with Crippen molar-refractivity contribution in [1.29, 1.82) is 0 Å². The number of carbonyl (C=O) groups is 1. The summed E-state index contributed by atoms with van der Waals surface area (Å²) in [6.45, 7) is 3.84. The van der Waals surface area contributed by atoms with E-state index in [2.05, 4.69) is 5.32 Å². The van der Waals surface area contributed by atoms with E-state index >= 15 is 0 Å². The molecule has 0 saturated heterocycles. The Hall–Kier alpha value is -1.62. The molecule has 0 radical (unpaired) electrons. The number of para-hydroxylation sites is 1. The summed E-state index contributed by atoms with van der Waals surface area (Å²) in [5.74, 6) is 0.437. The Bertz CT molecular complexity index is 430. The third-order valence-electron chi connectivity index (χ3n) is 3.17. The predicted molar refractivity (Wildman–Crippen MR) is 80.2 cm³/mol. The molecule has 0 saturated carbocycles. The average Bonchev–Trinajstić information content (AvgIpc) is 2.43. The quantitative estimate of drug-likeness (QED) is 0.750. The summed E-state index contributed by atoms with van der Waals surface area (Å²) >= 11 is 5.05. The molecular formula is C14H20N2O2S. The van der Waals surface area contributed by atoms with Crippen molar-refractivity contribution in [2.45, 2.75) is 32.2 Å². The fraction of sp³-hybridized carbons (Fsp3) is 0.429. The molecule has 19 heavy (non-hydrogen) atoms. The van der Waals surface area contributed by atoms with E-state index < -0.39 is 5.54 Å². The van der Waals surface area contributed by atoms with E-state index in [1.165, 1.54) is 0 Å². The van der Waals surface area contributed by atoms with Gasteiger partial charge in [-0.3, -0.25) is 4.79 Å². The summed E-state index contributed by atoms with van der Waals surface area (Å²) in [4.78, 5) is 12.2. The van der Waals surface area contributed by atoms with Crippen LogP contribution in [0.5, 0.6) is 5.75 Å². The van der Waals surface area contributed by atoms with Crippen LogP contribution >= 0.6 is 12.2 Å². The Kier molecular flexibility index (Phi) is 5.76. The lowest BCUT2D eigenvalue weighted by Gasteiger charge is -2.31. The lowest BCUT2D eigenvalue weighted by molar-refractivity contribution is -0.124. The number of ether oxygens (including phenoxy) is 1. The van der Waals surface area contributed by atoms with Gasteiger partial charge in [0.2, 0.25) is 0 Å². The van der Waals surface area contributed by atoms with Crippen molar-refractivity contribution < 1.29 is 9.53 Å². The van der Waals surface area contributed by atoms with Crippen LogP contribution in [0.1, 0.15) is 26.7 Å². The molecule has 3 N–H and O–H groups in total. The van der Waals surface area contributed by atoms with Crippen molar-refractivity contribution in [3.05, 3.63) is 30.3 Å². The maximum atomic E-state index is 11.9. The molecule has 0 aliphatic carbocycles. The van der Waals surface area contributed by atoms with Gasteiger partial charge in [0.15, 0.2) is 6.61 Å². The lowest BCUT2D eigenvalue weighted by Crippen LogP contribution is -2.56.